The van der Waals surface area contributed by atoms with Crippen LogP contribution in [-0.4, -0.2) is 25.5 Å². The van der Waals surface area contributed by atoms with E-state index in [0.29, 0.717) is 25.9 Å². The van der Waals surface area contributed by atoms with Gasteiger partial charge in [0.1, 0.15) is 11.2 Å². The molecule has 5 nitrogen and oxygen atoms in total. The van der Waals surface area contributed by atoms with Crippen molar-refractivity contribution in [2.75, 3.05) is 13.7 Å². The number of nitrogens with one attached hydrogen (secondary N) is 2. The Morgan fingerprint density at radius 1 is 1.09 bits per heavy atom. The lowest BCUT2D eigenvalue weighted by atomic mass is 10.0. The first-order valence-electron chi connectivity index (χ1n) is 8.32. The van der Waals surface area contributed by atoms with E-state index in [4.69, 9.17) is 4.74 Å². The van der Waals surface area contributed by atoms with E-state index in [1.165, 1.54) is 0 Å². The van der Waals surface area contributed by atoms with Gasteiger partial charge in [0.05, 0.1) is 7.11 Å². The zero-order chi connectivity index (χ0) is 16.7. The number of benzene rings is 1. The van der Waals surface area contributed by atoms with Crippen LogP contribution in [0.2, 0.25) is 0 Å². The zero-order valence-electron chi connectivity index (χ0n) is 14.0. The van der Waals surface area contributed by atoms with Gasteiger partial charge in [-0.3, -0.25) is 9.59 Å². The van der Waals surface area contributed by atoms with Crippen LogP contribution in [0.4, 0.5) is 0 Å². The van der Waals surface area contributed by atoms with Crippen molar-refractivity contribution in [1.29, 1.82) is 0 Å². The molecule has 1 aliphatic rings. The molecule has 0 aromatic heterocycles. The maximum absolute atomic E-state index is 12.4. The van der Waals surface area contributed by atoms with E-state index in [1.54, 1.807) is 7.11 Å². The standard InChI is InChI=1S/C18H26N2O3/c1-3-4-5-12-19-16(21)18(10-11-18)17(22)20-13-14-6-8-15(23-2)9-7-14/h6-9H,3-5,10-13H2,1-2H3,(H,19,21)(H,20,22). The predicted octanol–water partition coefficient (Wildman–Crippen LogP) is 2.40. The van der Waals surface area contributed by atoms with Gasteiger partial charge in [-0.25, -0.2) is 0 Å². The summed E-state index contributed by atoms with van der Waals surface area (Å²) in [5, 5.41) is 5.78. The number of amides is 2. The summed E-state index contributed by atoms with van der Waals surface area (Å²) in [5.74, 6) is 0.493. The van der Waals surface area contributed by atoms with Gasteiger partial charge < -0.3 is 15.4 Å². The minimum absolute atomic E-state index is 0.124. The summed E-state index contributed by atoms with van der Waals surface area (Å²) in [6.07, 6.45) is 4.45. The number of hydrogen-bond acceptors (Lipinski definition) is 3. The first-order valence-corrected chi connectivity index (χ1v) is 8.32. The molecule has 1 aromatic carbocycles. The van der Waals surface area contributed by atoms with E-state index < -0.39 is 5.41 Å². The molecular weight excluding hydrogens is 292 g/mol. The molecule has 126 valence electrons. The predicted molar refractivity (Wildman–Crippen MR) is 89.0 cm³/mol. The first kappa shape index (κ1) is 17.3. The first-order chi connectivity index (χ1) is 11.1. The van der Waals surface area contributed by atoms with E-state index in [9.17, 15) is 9.59 Å². The second-order valence-electron chi connectivity index (χ2n) is 6.08. The quantitative estimate of drug-likeness (QED) is 0.543. The van der Waals surface area contributed by atoms with Crippen molar-refractivity contribution in [1.82, 2.24) is 10.6 Å². The van der Waals surface area contributed by atoms with Crippen LogP contribution in [0.25, 0.3) is 0 Å². The molecular formula is C18H26N2O3. The average Bonchev–Trinajstić information content (AvgIpc) is 3.39. The molecule has 0 bridgehead atoms. The van der Waals surface area contributed by atoms with E-state index in [1.807, 2.05) is 24.3 Å². The van der Waals surface area contributed by atoms with Gasteiger partial charge in [-0.15, -0.1) is 0 Å². The molecule has 1 aliphatic carbocycles. The van der Waals surface area contributed by atoms with Crippen LogP contribution < -0.4 is 15.4 Å². The second-order valence-corrected chi connectivity index (χ2v) is 6.08. The number of carbonyl (C=O) groups is 2. The molecule has 23 heavy (non-hydrogen) atoms. The molecule has 1 aromatic rings. The monoisotopic (exact) mass is 318 g/mol. The van der Waals surface area contributed by atoms with Crippen molar-refractivity contribution in [3.8, 4) is 5.75 Å². The molecule has 1 fully saturated rings. The molecule has 1 saturated carbocycles. The van der Waals surface area contributed by atoms with Gasteiger partial charge in [-0.1, -0.05) is 31.9 Å². The summed E-state index contributed by atoms with van der Waals surface area (Å²) < 4.78 is 5.11. The highest BCUT2D eigenvalue weighted by Gasteiger charge is 2.56. The van der Waals surface area contributed by atoms with Crippen LogP contribution >= 0.6 is 0 Å². The highest BCUT2D eigenvalue weighted by atomic mass is 16.5. The van der Waals surface area contributed by atoms with E-state index in [-0.39, 0.29) is 11.8 Å². The third-order valence-electron chi connectivity index (χ3n) is 4.30. The largest absolute Gasteiger partial charge is 0.497 e. The number of unbranched alkanes of at least 4 members (excludes halogenated alkanes) is 2. The van der Waals surface area contributed by atoms with E-state index in [2.05, 4.69) is 17.6 Å². The SMILES string of the molecule is CCCCCNC(=O)C1(C(=O)NCc2ccc(OC)cc2)CC1. The molecule has 2 N–H and O–H groups in total. The molecule has 0 aliphatic heterocycles. The third-order valence-corrected chi connectivity index (χ3v) is 4.30. The fourth-order valence-corrected chi connectivity index (χ4v) is 2.52. The zero-order valence-corrected chi connectivity index (χ0v) is 14.0. The summed E-state index contributed by atoms with van der Waals surface area (Å²) >= 11 is 0. The molecule has 0 saturated heterocycles. The molecule has 0 radical (unpaired) electrons. The summed E-state index contributed by atoms with van der Waals surface area (Å²) in [5.41, 5.74) is 0.150. The van der Waals surface area contributed by atoms with Gasteiger partial charge in [0.15, 0.2) is 0 Å². The van der Waals surface area contributed by atoms with Crippen molar-refractivity contribution in [3.63, 3.8) is 0 Å². The molecule has 0 heterocycles. The summed E-state index contributed by atoms with van der Waals surface area (Å²) in [6, 6.07) is 7.52. The van der Waals surface area contributed by atoms with E-state index >= 15 is 0 Å². The number of rotatable bonds is 9. The Balaban J connectivity index is 1.80. The minimum atomic E-state index is -0.835. The second kappa shape index (κ2) is 7.99. The van der Waals surface area contributed by atoms with Gasteiger partial charge >= 0.3 is 0 Å². The average molecular weight is 318 g/mol. The van der Waals surface area contributed by atoms with Crippen LogP contribution in [-0.2, 0) is 16.1 Å². The van der Waals surface area contributed by atoms with Gasteiger partial charge in [-0.2, -0.15) is 0 Å². The molecule has 0 atom stereocenters. The molecule has 2 rings (SSSR count). The van der Waals surface area contributed by atoms with Gasteiger partial charge in [0.2, 0.25) is 11.8 Å². The van der Waals surface area contributed by atoms with Crippen LogP contribution in [0.5, 0.6) is 5.75 Å². The van der Waals surface area contributed by atoms with Crippen molar-refractivity contribution in [3.05, 3.63) is 29.8 Å². The summed E-state index contributed by atoms with van der Waals surface area (Å²) in [6.45, 7) is 3.20. The lowest BCUT2D eigenvalue weighted by molar-refractivity contribution is -0.137. The topological polar surface area (TPSA) is 67.4 Å². The van der Waals surface area contributed by atoms with Crippen LogP contribution in [0.1, 0.15) is 44.6 Å². The molecule has 0 spiro atoms. The van der Waals surface area contributed by atoms with E-state index in [0.717, 1.165) is 30.6 Å². The minimum Gasteiger partial charge on any atom is -0.497 e. The fraction of sp³-hybridized carbons (Fsp3) is 0.556. The number of methoxy groups -OCH3 is 1. The van der Waals surface area contributed by atoms with Crippen molar-refractivity contribution in [2.24, 2.45) is 5.41 Å². The Labute approximate surface area is 137 Å². The summed E-state index contributed by atoms with van der Waals surface area (Å²) in [7, 11) is 1.62. The normalized spacial score (nSPS) is 14.9. The number of ether oxygens (including phenoxy) is 1. The summed E-state index contributed by atoms with van der Waals surface area (Å²) in [4.78, 5) is 24.6. The maximum atomic E-state index is 12.4. The van der Waals surface area contributed by atoms with Gasteiger partial charge in [0.25, 0.3) is 0 Å². The number of carbonyl (C=O) groups excluding carboxylic acids is 2. The van der Waals surface area contributed by atoms with Crippen molar-refractivity contribution >= 4 is 11.8 Å². The Morgan fingerprint density at radius 3 is 2.30 bits per heavy atom. The lowest BCUT2D eigenvalue weighted by Crippen LogP contribution is -2.43. The van der Waals surface area contributed by atoms with Crippen LogP contribution in [0.3, 0.4) is 0 Å². The Bertz CT molecular complexity index is 536. The third kappa shape index (κ3) is 4.47. The van der Waals surface area contributed by atoms with Crippen molar-refractivity contribution < 1.29 is 14.3 Å². The van der Waals surface area contributed by atoms with Gasteiger partial charge in [-0.05, 0) is 37.0 Å². The Morgan fingerprint density at radius 2 is 1.74 bits per heavy atom. The molecule has 0 unspecified atom stereocenters. The van der Waals surface area contributed by atoms with Crippen LogP contribution in [0, 0.1) is 5.41 Å². The Hall–Kier alpha value is -2.04. The fourth-order valence-electron chi connectivity index (χ4n) is 2.52. The molecule has 5 heteroatoms. The highest BCUT2D eigenvalue weighted by molar-refractivity contribution is 6.07. The highest BCUT2D eigenvalue weighted by Crippen LogP contribution is 2.46. The maximum Gasteiger partial charge on any atom is 0.235 e. The van der Waals surface area contributed by atoms with Gasteiger partial charge in [0, 0.05) is 13.1 Å². The smallest absolute Gasteiger partial charge is 0.235 e. The lowest BCUT2D eigenvalue weighted by Gasteiger charge is -2.15. The van der Waals surface area contributed by atoms with Crippen LogP contribution in [0.15, 0.2) is 24.3 Å². The number of hydrogen-bond donors (Lipinski definition) is 2. The molecule has 2 amide bonds. The Kier molecular flexibility index (Phi) is 6.02. The van der Waals surface area contributed by atoms with Crippen molar-refractivity contribution in [2.45, 2.75) is 45.6 Å².